The first kappa shape index (κ1) is 15.8. The van der Waals surface area contributed by atoms with Crippen molar-refractivity contribution in [3.8, 4) is 0 Å². The Labute approximate surface area is 128 Å². The third-order valence-electron chi connectivity index (χ3n) is 3.57. The van der Waals surface area contributed by atoms with Crippen LogP contribution in [0.3, 0.4) is 0 Å². The number of nitrogens with zero attached hydrogens (tertiary/aromatic N) is 2. The lowest BCUT2D eigenvalue weighted by molar-refractivity contribution is -0.137. The van der Waals surface area contributed by atoms with Gasteiger partial charge in [0.1, 0.15) is 0 Å². The van der Waals surface area contributed by atoms with Gasteiger partial charge in [-0.05, 0) is 25.7 Å². The van der Waals surface area contributed by atoms with Gasteiger partial charge in [0.15, 0.2) is 5.13 Å². The maximum atomic E-state index is 12.0. The van der Waals surface area contributed by atoms with Crippen LogP contribution < -0.4 is 5.32 Å². The average Bonchev–Trinajstić information content (AvgIpc) is 2.77. The summed E-state index contributed by atoms with van der Waals surface area (Å²) in [6.07, 6.45) is 6.81. The molecule has 0 saturated heterocycles. The number of aromatic nitrogens is 1. The predicted octanol–water partition coefficient (Wildman–Crippen LogP) is 2.74. The summed E-state index contributed by atoms with van der Waals surface area (Å²) in [7, 11) is 1.59. The molecule has 1 aromatic rings. The molecule has 0 aliphatic heterocycles. The van der Waals surface area contributed by atoms with E-state index in [1.165, 1.54) is 29.0 Å². The third kappa shape index (κ3) is 4.70. The van der Waals surface area contributed by atoms with Crippen LogP contribution in [0.2, 0.25) is 0 Å². The molecule has 2 N–H and O–H groups in total. The zero-order valence-electron chi connectivity index (χ0n) is 12.2. The Bertz CT molecular complexity index is 490. The number of hydrogen-bond donors (Lipinski definition) is 2. The summed E-state index contributed by atoms with van der Waals surface area (Å²) in [5, 5.41) is 12.0. The van der Waals surface area contributed by atoms with E-state index in [1.807, 2.05) is 0 Å². The molecule has 2 rings (SSSR count). The Morgan fingerprint density at radius 2 is 2.00 bits per heavy atom. The van der Waals surface area contributed by atoms with E-state index in [1.54, 1.807) is 18.4 Å². The second kappa shape index (κ2) is 7.40. The van der Waals surface area contributed by atoms with Crippen molar-refractivity contribution in [1.82, 2.24) is 9.88 Å². The minimum Gasteiger partial charge on any atom is -0.481 e. The summed E-state index contributed by atoms with van der Waals surface area (Å²) in [6, 6.07) is -0.307. The third-order valence-corrected chi connectivity index (χ3v) is 4.64. The summed E-state index contributed by atoms with van der Waals surface area (Å²) >= 11 is 1.54. The number of carbonyl (C=O) groups is 2. The van der Waals surface area contributed by atoms with Gasteiger partial charge in [0, 0.05) is 18.5 Å². The molecule has 0 spiro atoms. The van der Waals surface area contributed by atoms with E-state index in [2.05, 4.69) is 10.3 Å². The number of carbonyl (C=O) groups excluding carboxylic acids is 1. The Morgan fingerprint density at radius 1 is 1.29 bits per heavy atom. The maximum Gasteiger partial charge on any atom is 0.323 e. The number of amides is 2. The van der Waals surface area contributed by atoms with Crippen LogP contribution in [0.5, 0.6) is 0 Å². The van der Waals surface area contributed by atoms with Crippen LogP contribution in [0.15, 0.2) is 0 Å². The van der Waals surface area contributed by atoms with Crippen molar-refractivity contribution in [2.45, 2.75) is 44.9 Å². The van der Waals surface area contributed by atoms with Crippen molar-refractivity contribution in [2.24, 2.45) is 0 Å². The van der Waals surface area contributed by atoms with Gasteiger partial charge in [-0.1, -0.05) is 12.8 Å². The molecular weight excluding hydrogens is 290 g/mol. The SMILES string of the molecule is CN(CCC(=O)O)C(=O)Nc1nc2c(s1)CCCCCC2. The number of carboxylic acids is 1. The fourth-order valence-electron chi connectivity index (χ4n) is 2.31. The normalized spacial score (nSPS) is 14.7. The van der Waals surface area contributed by atoms with Crippen molar-refractivity contribution in [2.75, 3.05) is 18.9 Å². The summed E-state index contributed by atoms with van der Waals surface area (Å²) in [4.78, 5) is 29.6. The van der Waals surface area contributed by atoms with Gasteiger partial charge in [-0.15, -0.1) is 11.3 Å². The molecule has 1 heterocycles. The molecule has 116 valence electrons. The summed E-state index contributed by atoms with van der Waals surface area (Å²) in [6.45, 7) is 0.187. The second-order valence-electron chi connectivity index (χ2n) is 5.30. The highest BCUT2D eigenvalue weighted by molar-refractivity contribution is 7.15. The average molecular weight is 311 g/mol. The lowest BCUT2D eigenvalue weighted by Gasteiger charge is -2.15. The van der Waals surface area contributed by atoms with Crippen LogP contribution in [0.1, 0.15) is 42.7 Å². The number of nitrogens with one attached hydrogen (secondary N) is 1. The van der Waals surface area contributed by atoms with Gasteiger partial charge in [-0.25, -0.2) is 9.78 Å². The highest BCUT2D eigenvalue weighted by Gasteiger charge is 2.16. The van der Waals surface area contributed by atoms with Crippen LogP contribution in [0, 0.1) is 0 Å². The molecule has 0 unspecified atom stereocenters. The minimum absolute atomic E-state index is 0.0573. The topological polar surface area (TPSA) is 82.5 Å². The second-order valence-corrected chi connectivity index (χ2v) is 6.38. The van der Waals surface area contributed by atoms with Crippen molar-refractivity contribution in [3.05, 3.63) is 10.6 Å². The minimum atomic E-state index is -0.910. The molecule has 0 aromatic carbocycles. The monoisotopic (exact) mass is 311 g/mol. The highest BCUT2D eigenvalue weighted by Crippen LogP contribution is 2.28. The number of anilines is 1. The van der Waals surface area contributed by atoms with Crippen LogP contribution >= 0.6 is 11.3 Å². The number of hydrogen-bond acceptors (Lipinski definition) is 4. The van der Waals surface area contributed by atoms with E-state index in [-0.39, 0.29) is 19.0 Å². The maximum absolute atomic E-state index is 12.0. The summed E-state index contributed by atoms with van der Waals surface area (Å²) < 4.78 is 0. The van der Waals surface area contributed by atoms with Crippen molar-refractivity contribution >= 4 is 28.5 Å². The van der Waals surface area contributed by atoms with E-state index < -0.39 is 5.97 Å². The summed E-state index contributed by atoms with van der Waals surface area (Å²) in [5.74, 6) is -0.910. The molecule has 0 radical (unpaired) electrons. The van der Waals surface area contributed by atoms with Crippen molar-refractivity contribution < 1.29 is 14.7 Å². The number of carboxylic acid groups (broad SMARTS) is 1. The molecule has 0 fully saturated rings. The Kier molecular flexibility index (Phi) is 5.55. The number of fused-ring (bicyclic) bond motifs is 1. The zero-order chi connectivity index (χ0) is 15.2. The van der Waals surface area contributed by atoms with Gasteiger partial charge in [0.2, 0.25) is 0 Å². The number of aliphatic carboxylic acids is 1. The fourth-order valence-corrected chi connectivity index (χ4v) is 3.35. The molecule has 0 bridgehead atoms. The molecule has 21 heavy (non-hydrogen) atoms. The first-order valence-electron chi connectivity index (χ1n) is 7.29. The van der Waals surface area contributed by atoms with E-state index in [4.69, 9.17) is 5.11 Å². The fraction of sp³-hybridized carbons (Fsp3) is 0.643. The molecule has 7 heteroatoms. The Hall–Kier alpha value is -1.63. The highest BCUT2D eigenvalue weighted by atomic mass is 32.1. The number of rotatable bonds is 4. The van der Waals surface area contributed by atoms with Crippen LogP contribution in [0.25, 0.3) is 0 Å². The van der Waals surface area contributed by atoms with Gasteiger partial charge >= 0.3 is 12.0 Å². The molecule has 1 aromatic heterocycles. The Balaban J connectivity index is 1.94. The standard InChI is InChI=1S/C14H21N3O3S/c1-17(9-8-12(18)19)14(20)16-13-15-10-6-4-2-3-5-7-11(10)21-13/h2-9H2,1H3,(H,18,19)(H,15,16,20). The molecule has 6 nitrogen and oxygen atoms in total. The smallest absolute Gasteiger partial charge is 0.323 e. The first-order chi connectivity index (χ1) is 10.1. The molecule has 0 atom stereocenters. The van der Waals surface area contributed by atoms with Crippen LogP contribution in [-0.2, 0) is 17.6 Å². The number of aryl methyl sites for hydroxylation is 2. The van der Waals surface area contributed by atoms with Crippen molar-refractivity contribution in [1.29, 1.82) is 0 Å². The largest absolute Gasteiger partial charge is 0.481 e. The van der Waals surface area contributed by atoms with E-state index in [0.717, 1.165) is 25.0 Å². The molecule has 1 aliphatic rings. The van der Waals surface area contributed by atoms with Gasteiger partial charge < -0.3 is 10.0 Å². The first-order valence-corrected chi connectivity index (χ1v) is 8.10. The van der Waals surface area contributed by atoms with Gasteiger partial charge in [0.05, 0.1) is 12.1 Å². The number of thiazole rings is 1. The van der Waals surface area contributed by atoms with Crippen molar-refractivity contribution in [3.63, 3.8) is 0 Å². The van der Waals surface area contributed by atoms with Gasteiger partial charge in [0.25, 0.3) is 0 Å². The van der Waals surface area contributed by atoms with Crippen LogP contribution in [0.4, 0.5) is 9.93 Å². The zero-order valence-corrected chi connectivity index (χ0v) is 13.0. The van der Waals surface area contributed by atoms with E-state index in [9.17, 15) is 9.59 Å². The molecule has 2 amide bonds. The van der Waals surface area contributed by atoms with Gasteiger partial charge in [-0.2, -0.15) is 0 Å². The number of urea groups is 1. The lowest BCUT2D eigenvalue weighted by atomic mass is 10.0. The van der Waals surface area contributed by atoms with E-state index >= 15 is 0 Å². The van der Waals surface area contributed by atoms with Crippen LogP contribution in [-0.4, -0.2) is 40.6 Å². The van der Waals surface area contributed by atoms with E-state index in [0.29, 0.717) is 5.13 Å². The molecule has 1 aliphatic carbocycles. The Morgan fingerprint density at radius 3 is 2.71 bits per heavy atom. The molecule has 0 saturated carbocycles. The molecular formula is C14H21N3O3S. The quantitative estimate of drug-likeness (QED) is 0.895. The van der Waals surface area contributed by atoms with Gasteiger partial charge in [-0.3, -0.25) is 10.1 Å². The predicted molar refractivity (Wildman–Crippen MR) is 81.9 cm³/mol. The summed E-state index contributed by atoms with van der Waals surface area (Å²) in [5.41, 5.74) is 1.11. The lowest BCUT2D eigenvalue weighted by Crippen LogP contribution is -2.33.